The van der Waals surface area contributed by atoms with Gasteiger partial charge in [-0.05, 0) is 17.8 Å². The zero-order valence-electron chi connectivity index (χ0n) is 15.6. The molecule has 0 fully saturated rings. The molecule has 0 aliphatic heterocycles. The van der Waals surface area contributed by atoms with Gasteiger partial charge in [0.2, 0.25) is 0 Å². The highest BCUT2D eigenvalue weighted by molar-refractivity contribution is 6.60. The van der Waals surface area contributed by atoms with Crippen molar-refractivity contribution < 1.29 is 22.8 Å². The molecule has 0 rings (SSSR count). The Bertz CT molecular complexity index is 311. The Hall–Kier alpha value is -0.693. The number of rotatable bonds is 13. The summed E-state index contributed by atoms with van der Waals surface area (Å²) in [6, 6.07) is 0.457. The quantitative estimate of drug-likeness (QED) is 0.289. The first kappa shape index (κ1) is 22.3. The number of esters is 1. The van der Waals surface area contributed by atoms with Crippen LogP contribution in [0, 0.1) is 17.8 Å². The predicted octanol–water partition coefficient (Wildman–Crippen LogP) is 3.67. The summed E-state index contributed by atoms with van der Waals surface area (Å²) in [5, 5.41) is 0. The molecule has 6 heteroatoms. The summed E-state index contributed by atoms with van der Waals surface area (Å²) in [7, 11) is -2.87. The maximum Gasteiger partial charge on any atom is 0.504 e. The number of carbonyl (C=O) groups is 1. The van der Waals surface area contributed by atoms with Crippen molar-refractivity contribution in [3.05, 3.63) is 12.7 Å². The number of hydrogen-bond acceptors (Lipinski definition) is 5. The zero-order chi connectivity index (χ0) is 17.9. The molecule has 0 saturated heterocycles. The van der Waals surface area contributed by atoms with Crippen LogP contribution in [0.25, 0.3) is 0 Å². The molecule has 136 valence electrons. The fraction of sp³-hybridized carbons (Fsp3) is 0.824. The Balaban J connectivity index is 4.92. The average molecular weight is 347 g/mol. The van der Waals surface area contributed by atoms with Crippen LogP contribution in [0.1, 0.15) is 41.5 Å². The summed E-state index contributed by atoms with van der Waals surface area (Å²) in [5.41, 5.74) is 0. The van der Waals surface area contributed by atoms with E-state index in [1.54, 1.807) is 0 Å². The van der Waals surface area contributed by atoms with Gasteiger partial charge in [0.05, 0.1) is 12.7 Å². The van der Waals surface area contributed by atoms with Crippen molar-refractivity contribution in [3.63, 3.8) is 0 Å². The second-order valence-corrected chi connectivity index (χ2v) is 9.65. The summed E-state index contributed by atoms with van der Waals surface area (Å²) < 4.78 is 23.4. The second kappa shape index (κ2) is 11.8. The zero-order valence-corrected chi connectivity index (χ0v) is 16.6. The van der Waals surface area contributed by atoms with Gasteiger partial charge in [-0.2, -0.15) is 0 Å². The van der Waals surface area contributed by atoms with Crippen molar-refractivity contribution in [2.45, 2.75) is 47.6 Å². The molecule has 23 heavy (non-hydrogen) atoms. The summed E-state index contributed by atoms with van der Waals surface area (Å²) in [4.78, 5) is 11.2. The van der Waals surface area contributed by atoms with Crippen molar-refractivity contribution in [1.82, 2.24) is 0 Å². The summed E-state index contributed by atoms with van der Waals surface area (Å²) in [5.74, 6) is 0.693. The first-order valence-corrected chi connectivity index (χ1v) is 10.3. The van der Waals surface area contributed by atoms with Gasteiger partial charge in [0, 0.05) is 25.9 Å². The van der Waals surface area contributed by atoms with Crippen molar-refractivity contribution >= 4 is 14.8 Å². The van der Waals surface area contributed by atoms with E-state index in [0.717, 1.165) is 6.08 Å². The summed E-state index contributed by atoms with van der Waals surface area (Å²) in [6.45, 7) is 17.8. The fourth-order valence-corrected chi connectivity index (χ4v) is 4.35. The van der Waals surface area contributed by atoms with Gasteiger partial charge in [-0.25, -0.2) is 4.79 Å². The minimum atomic E-state index is -2.87. The minimum Gasteiger partial charge on any atom is -0.463 e. The third-order valence-electron chi connectivity index (χ3n) is 2.73. The van der Waals surface area contributed by atoms with E-state index in [2.05, 4.69) is 48.1 Å². The lowest BCUT2D eigenvalue weighted by Crippen LogP contribution is -2.49. The molecule has 0 amide bonds. The first-order chi connectivity index (χ1) is 10.7. The van der Waals surface area contributed by atoms with Crippen LogP contribution >= 0.6 is 0 Å². The van der Waals surface area contributed by atoms with Crippen LogP contribution < -0.4 is 0 Å². The molecule has 0 spiro atoms. The molecule has 0 aromatic rings. The predicted molar refractivity (Wildman–Crippen MR) is 94.1 cm³/mol. The molecule has 5 nitrogen and oxygen atoms in total. The Morgan fingerprint density at radius 3 is 1.61 bits per heavy atom. The van der Waals surface area contributed by atoms with Crippen LogP contribution in [0.15, 0.2) is 12.7 Å². The Kier molecular flexibility index (Phi) is 11.4. The maximum atomic E-state index is 11.2. The SMILES string of the molecule is C=CC(=O)OCC[Si](OCC(C)C)(OCC(C)C)OCC(C)C. The lowest BCUT2D eigenvalue weighted by atomic mass is 10.2. The van der Waals surface area contributed by atoms with E-state index in [1.807, 2.05) is 0 Å². The van der Waals surface area contributed by atoms with E-state index in [-0.39, 0.29) is 6.61 Å². The topological polar surface area (TPSA) is 54.0 Å². The summed E-state index contributed by atoms with van der Waals surface area (Å²) in [6.07, 6.45) is 1.15. The first-order valence-electron chi connectivity index (χ1n) is 8.41. The third kappa shape index (κ3) is 11.5. The van der Waals surface area contributed by atoms with Crippen molar-refractivity contribution in [2.75, 3.05) is 26.4 Å². The standard InChI is InChI=1S/C17H34O5Si/c1-8-17(18)19-9-10-23(20-11-14(2)3,21-12-15(4)5)22-13-16(6)7/h8,14-16H,1,9-13H2,2-7H3. The van der Waals surface area contributed by atoms with Crippen LogP contribution in [-0.2, 0) is 22.8 Å². The highest BCUT2D eigenvalue weighted by Crippen LogP contribution is 2.20. The van der Waals surface area contributed by atoms with Crippen molar-refractivity contribution in [3.8, 4) is 0 Å². The Morgan fingerprint density at radius 2 is 1.30 bits per heavy atom. The van der Waals surface area contributed by atoms with Crippen LogP contribution in [-0.4, -0.2) is 41.2 Å². The van der Waals surface area contributed by atoms with Crippen molar-refractivity contribution in [2.24, 2.45) is 17.8 Å². The van der Waals surface area contributed by atoms with Crippen molar-refractivity contribution in [1.29, 1.82) is 0 Å². The van der Waals surface area contributed by atoms with E-state index >= 15 is 0 Å². The lowest BCUT2D eigenvalue weighted by Gasteiger charge is -2.31. The van der Waals surface area contributed by atoms with Gasteiger partial charge < -0.3 is 18.0 Å². The van der Waals surface area contributed by atoms with E-state index in [1.165, 1.54) is 0 Å². The molecular formula is C17H34O5Si. The highest BCUT2D eigenvalue weighted by Gasteiger charge is 2.42. The molecular weight excluding hydrogens is 312 g/mol. The maximum absolute atomic E-state index is 11.2. The largest absolute Gasteiger partial charge is 0.504 e. The summed E-state index contributed by atoms with van der Waals surface area (Å²) >= 11 is 0. The van der Waals surface area contributed by atoms with Gasteiger partial charge in [-0.3, -0.25) is 0 Å². The Morgan fingerprint density at radius 1 is 0.913 bits per heavy atom. The van der Waals surface area contributed by atoms with E-state index in [0.29, 0.717) is 43.6 Å². The smallest absolute Gasteiger partial charge is 0.463 e. The molecule has 0 atom stereocenters. The number of carbonyl (C=O) groups excluding carboxylic acids is 1. The van der Waals surface area contributed by atoms with Crippen LogP contribution in [0.3, 0.4) is 0 Å². The number of hydrogen-bond donors (Lipinski definition) is 0. The average Bonchev–Trinajstić information content (AvgIpc) is 2.47. The normalized spacial score (nSPS) is 12.2. The van der Waals surface area contributed by atoms with E-state index < -0.39 is 14.8 Å². The lowest BCUT2D eigenvalue weighted by molar-refractivity contribution is -0.137. The minimum absolute atomic E-state index is 0.214. The van der Waals surface area contributed by atoms with Crippen LogP contribution in [0.2, 0.25) is 6.04 Å². The van der Waals surface area contributed by atoms with Gasteiger partial charge in [-0.15, -0.1) is 0 Å². The molecule has 0 bridgehead atoms. The van der Waals surface area contributed by atoms with Gasteiger partial charge >= 0.3 is 14.8 Å². The Labute approximate surface area is 142 Å². The second-order valence-electron chi connectivity index (χ2n) is 6.92. The molecule has 0 aromatic carbocycles. The van der Waals surface area contributed by atoms with Gasteiger partial charge in [0.25, 0.3) is 0 Å². The van der Waals surface area contributed by atoms with Crippen LogP contribution in [0.5, 0.6) is 0 Å². The third-order valence-corrected chi connectivity index (χ3v) is 5.36. The monoisotopic (exact) mass is 346 g/mol. The van der Waals surface area contributed by atoms with Gasteiger partial charge in [0.1, 0.15) is 0 Å². The molecule has 0 radical (unpaired) electrons. The fourth-order valence-electron chi connectivity index (χ4n) is 1.56. The number of ether oxygens (including phenoxy) is 1. The van der Waals surface area contributed by atoms with Gasteiger partial charge in [-0.1, -0.05) is 48.1 Å². The molecule has 0 aliphatic carbocycles. The van der Waals surface area contributed by atoms with Crippen LogP contribution in [0.4, 0.5) is 0 Å². The van der Waals surface area contributed by atoms with E-state index in [9.17, 15) is 4.79 Å². The van der Waals surface area contributed by atoms with Gasteiger partial charge in [0.15, 0.2) is 0 Å². The van der Waals surface area contributed by atoms with E-state index in [4.69, 9.17) is 18.0 Å². The molecule has 0 heterocycles. The molecule has 0 saturated carbocycles. The molecule has 0 unspecified atom stereocenters. The molecule has 0 aromatic heterocycles. The molecule has 0 aliphatic rings. The molecule has 0 N–H and O–H groups in total. The highest BCUT2D eigenvalue weighted by atomic mass is 28.4.